The molecular formula is C12H16N2O2S. The van der Waals surface area contributed by atoms with Gasteiger partial charge in [0.05, 0.1) is 11.5 Å². The Hall–Kier alpha value is -1.62. The van der Waals surface area contributed by atoms with Gasteiger partial charge >= 0.3 is 0 Å². The normalized spacial score (nSPS) is 9.76. The van der Waals surface area contributed by atoms with Crippen LogP contribution in [0.4, 0.5) is 0 Å². The molecule has 92 valence electrons. The van der Waals surface area contributed by atoms with Gasteiger partial charge in [0.1, 0.15) is 5.75 Å². The first-order valence-electron chi connectivity index (χ1n) is 5.24. The molecule has 0 unspecified atom stereocenters. The Bertz CT molecular complexity index is 412. The third kappa shape index (κ3) is 4.40. The highest BCUT2D eigenvalue weighted by Gasteiger charge is 2.06. The molecule has 4 nitrogen and oxygen atoms in total. The van der Waals surface area contributed by atoms with E-state index in [0.29, 0.717) is 0 Å². The largest absolute Gasteiger partial charge is 0.483 e. The van der Waals surface area contributed by atoms with Crippen molar-refractivity contribution >= 4 is 23.1 Å². The van der Waals surface area contributed by atoms with Crippen LogP contribution in [0.25, 0.3) is 0 Å². The van der Waals surface area contributed by atoms with Gasteiger partial charge in [0.2, 0.25) is 0 Å². The molecule has 0 aliphatic carbocycles. The van der Waals surface area contributed by atoms with Crippen molar-refractivity contribution in [3.63, 3.8) is 0 Å². The van der Waals surface area contributed by atoms with Crippen LogP contribution in [0.5, 0.6) is 5.75 Å². The smallest absolute Gasteiger partial charge is 0.258 e. The van der Waals surface area contributed by atoms with Gasteiger partial charge in [0, 0.05) is 0 Å². The van der Waals surface area contributed by atoms with Crippen LogP contribution in [0.1, 0.15) is 11.1 Å². The fourth-order valence-corrected chi connectivity index (χ4v) is 1.47. The molecule has 0 aliphatic rings. The van der Waals surface area contributed by atoms with Crippen LogP contribution in [-0.2, 0) is 4.79 Å². The standard InChI is InChI=1S/C12H16N2O2S/c1-8-4-3-5-9(2)12(8)16-7-11(15)14-6-10(13)17/h3-5H,6-7H2,1-2H3,(H2,13,17)(H,14,15). The van der Waals surface area contributed by atoms with Crippen LogP contribution in [0.15, 0.2) is 18.2 Å². The Morgan fingerprint density at radius 1 is 1.41 bits per heavy atom. The maximum absolute atomic E-state index is 11.4. The van der Waals surface area contributed by atoms with Crippen molar-refractivity contribution in [1.82, 2.24) is 5.32 Å². The number of carbonyl (C=O) groups is 1. The fraction of sp³-hybridized carbons (Fsp3) is 0.333. The van der Waals surface area contributed by atoms with E-state index in [9.17, 15) is 4.79 Å². The summed E-state index contributed by atoms with van der Waals surface area (Å²) in [4.78, 5) is 11.6. The zero-order chi connectivity index (χ0) is 12.8. The second kappa shape index (κ2) is 6.20. The number of para-hydroxylation sites is 1. The summed E-state index contributed by atoms with van der Waals surface area (Å²) in [5.74, 6) is 0.512. The third-order valence-electron chi connectivity index (χ3n) is 2.22. The number of aryl methyl sites for hydroxylation is 2. The number of thiocarbonyl (C=S) groups is 1. The van der Waals surface area contributed by atoms with Crippen LogP contribution >= 0.6 is 12.2 Å². The van der Waals surface area contributed by atoms with Gasteiger partial charge in [-0.25, -0.2) is 0 Å². The van der Waals surface area contributed by atoms with E-state index >= 15 is 0 Å². The number of benzene rings is 1. The van der Waals surface area contributed by atoms with Gasteiger partial charge in [-0.2, -0.15) is 0 Å². The topological polar surface area (TPSA) is 64.3 Å². The molecule has 0 saturated heterocycles. The lowest BCUT2D eigenvalue weighted by Gasteiger charge is -2.11. The molecule has 1 aromatic rings. The molecule has 5 heteroatoms. The summed E-state index contributed by atoms with van der Waals surface area (Å²) in [7, 11) is 0. The lowest BCUT2D eigenvalue weighted by molar-refractivity contribution is -0.122. The van der Waals surface area contributed by atoms with Gasteiger partial charge in [-0.05, 0) is 25.0 Å². The number of rotatable bonds is 5. The van der Waals surface area contributed by atoms with Crippen molar-refractivity contribution in [2.24, 2.45) is 5.73 Å². The second-order valence-corrected chi connectivity index (χ2v) is 4.28. The third-order valence-corrected chi connectivity index (χ3v) is 2.36. The van der Waals surface area contributed by atoms with Gasteiger partial charge in [-0.1, -0.05) is 30.4 Å². The Labute approximate surface area is 106 Å². The number of amides is 1. The minimum Gasteiger partial charge on any atom is -0.483 e. The summed E-state index contributed by atoms with van der Waals surface area (Å²) in [6.07, 6.45) is 0. The molecule has 1 aromatic carbocycles. The van der Waals surface area contributed by atoms with Gasteiger partial charge in [-0.15, -0.1) is 0 Å². The van der Waals surface area contributed by atoms with Gasteiger partial charge in [0.15, 0.2) is 6.61 Å². The summed E-state index contributed by atoms with van der Waals surface area (Å²) >= 11 is 4.66. The summed E-state index contributed by atoms with van der Waals surface area (Å²) in [6, 6.07) is 5.83. The first-order chi connectivity index (χ1) is 8.00. The first-order valence-corrected chi connectivity index (χ1v) is 5.65. The zero-order valence-electron chi connectivity index (χ0n) is 9.95. The molecule has 0 fully saturated rings. The lowest BCUT2D eigenvalue weighted by atomic mass is 10.1. The molecule has 1 rings (SSSR count). The van der Waals surface area contributed by atoms with E-state index in [1.54, 1.807) is 0 Å². The van der Waals surface area contributed by atoms with E-state index in [4.69, 9.17) is 10.5 Å². The molecule has 0 saturated carbocycles. The van der Waals surface area contributed by atoms with Crippen molar-refractivity contribution in [2.75, 3.05) is 13.2 Å². The van der Waals surface area contributed by atoms with E-state index in [-0.39, 0.29) is 24.0 Å². The van der Waals surface area contributed by atoms with Gasteiger partial charge in [-0.3, -0.25) is 4.79 Å². The summed E-state index contributed by atoms with van der Waals surface area (Å²) in [6.45, 7) is 4.04. The molecule has 1 amide bonds. The molecule has 17 heavy (non-hydrogen) atoms. The van der Waals surface area contributed by atoms with Gasteiger partial charge < -0.3 is 15.8 Å². The maximum atomic E-state index is 11.4. The molecule has 0 aliphatic heterocycles. The van der Waals surface area contributed by atoms with Crippen molar-refractivity contribution < 1.29 is 9.53 Å². The minimum absolute atomic E-state index is 0.0334. The second-order valence-electron chi connectivity index (χ2n) is 3.75. The van der Waals surface area contributed by atoms with Crippen LogP contribution in [0.2, 0.25) is 0 Å². The van der Waals surface area contributed by atoms with E-state index in [1.807, 2.05) is 32.0 Å². The predicted molar refractivity (Wildman–Crippen MR) is 71.2 cm³/mol. The number of ether oxygens (including phenoxy) is 1. The number of carbonyl (C=O) groups excluding carboxylic acids is 1. The van der Waals surface area contributed by atoms with Crippen LogP contribution in [0.3, 0.4) is 0 Å². The quantitative estimate of drug-likeness (QED) is 0.770. The first kappa shape index (κ1) is 13.4. The van der Waals surface area contributed by atoms with E-state index in [1.165, 1.54) is 0 Å². The Kier molecular flexibility index (Phi) is 4.90. The molecule has 0 spiro atoms. The molecular weight excluding hydrogens is 236 g/mol. The van der Waals surface area contributed by atoms with Crippen molar-refractivity contribution in [2.45, 2.75) is 13.8 Å². The average Bonchev–Trinajstić information content (AvgIpc) is 2.25. The average molecular weight is 252 g/mol. The number of hydrogen-bond donors (Lipinski definition) is 2. The number of nitrogens with two attached hydrogens (primary N) is 1. The number of hydrogen-bond acceptors (Lipinski definition) is 3. The van der Waals surface area contributed by atoms with E-state index < -0.39 is 0 Å². The Balaban J connectivity index is 2.50. The predicted octanol–water partition coefficient (Wildman–Crippen LogP) is 1.08. The Morgan fingerprint density at radius 2 is 2.00 bits per heavy atom. The van der Waals surface area contributed by atoms with Crippen molar-refractivity contribution in [3.8, 4) is 5.75 Å². The Morgan fingerprint density at radius 3 is 2.53 bits per heavy atom. The highest BCUT2D eigenvalue weighted by atomic mass is 32.1. The summed E-state index contributed by atoms with van der Waals surface area (Å²) in [5.41, 5.74) is 7.29. The van der Waals surface area contributed by atoms with Crippen LogP contribution in [0, 0.1) is 13.8 Å². The molecule has 0 atom stereocenters. The van der Waals surface area contributed by atoms with E-state index in [0.717, 1.165) is 16.9 Å². The number of nitrogens with one attached hydrogen (secondary N) is 1. The lowest BCUT2D eigenvalue weighted by Crippen LogP contribution is -2.35. The molecule has 0 heterocycles. The molecule has 0 aromatic heterocycles. The van der Waals surface area contributed by atoms with Crippen LogP contribution in [-0.4, -0.2) is 24.0 Å². The highest BCUT2D eigenvalue weighted by Crippen LogP contribution is 2.21. The molecule has 0 bridgehead atoms. The monoisotopic (exact) mass is 252 g/mol. The highest BCUT2D eigenvalue weighted by molar-refractivity contribution is 7.80. The van der Waals surface area contributed by atoms with Crippen molar-refractivity contribution in [3.05, 3.63) is 29.3 Å². The van der Waals surface area contributed by atoms with Crippen LogP contribution < -0.4 is 15.8 Å². The summed E-state index contributed by atoms with van der Waals surface area (Å²) in [5, 5.41) is 2.56. The zero-order valence-corrected chi connectivity index (χ0v) is 10.8. The minimum atomic E-state index is -0.236. The molecule has 3 N–H and O–H groups in total. The SMILES string of the molecule is Cc1cccc(C)c1OCC(=O)NCC(N)=S. The maximum Gasteiger partial charge on any atom is 0.258 e. The fourth-order valence-electron chi connectivity index (χ4n) is 1.40. The van der Waals surface area contributed by atoms with Gasteiger partial charge in [0.25, 0.3) is 5.91 Å². The van der Waals surface area contributed by atoms with E-state index in [2.05, 4.69) is 17.5 Å². The molecule has 0 radical (unpaired) electrons. The van der Waals surface area contributed by atoms with Crippen molar-refractivity contribution in [1.29, 1.82) is 0 Å². The summed E-state index contributed by atoms with van der Waals surface area (Å²) < 4.78 is 5.47.